The molecular weight excluding hydrogens is 243 g/mol. The molecule has 1 unspecified atom stereocenters. The standard InChI is InChI=1S/C15H19FN2O/c1-3-5-11(2)18-15(19)14-8-7-13(16)10-12(14)6-4-9-17/h7-8,10-11H,3,5,9,17H2,1-2H3,(H,18,19). The maximum atomic E-state index is 13.2. The van der Waals surface area contributed by atoms with Crippen LogP contribution in [0.2, 0.25) is 0 Å². The summed E-state index contributed by atoms with van der Waals surface area (Å²) in [6, 6.07) is 4.04. The number of nitrogens with one attached hydrogen (secondary N) is 1. The molecule has 0 fully saturated rings. The van der Waals surface area contributed by atoms with Crippen LogP contribution in [0, 0.1) is 17.7 Å². The van der Waals surface area contributed by atoms with E-state index in [1.54, 1.807) is 0 Å². The minimum absolute atomic E-state index is 0.0814. The molecule has 1 atom stereocenters. The minimum Gasteiger partial charge on any atom is -0.350 e. The zero-order valence-electron chi connectivity index (χ0n) is 11.3. The molecule has 0 heterocycles. The molecule has 0 aliphatic heterocycles. The van der Waals surface area contributed by atoms with Crippen molar-refractivity contribution in [3.05, 3.63) is 35.1 Å². The van der Waals surface area contributed by atoms with E-state index < -0.39 is 5.82 Å². The highest BCUT2D eigenvalue weighted by molar-refractivity contribution is 5.96. The van der Waals surface area contributed by atoms with E-state index in [-0.39, 0.29) is 18.5 Å². The zero-order valence-corrected chi connectivity index (χ0v) is 11.3. The Morgan fingerprint density at radius 3 is 2.89 bits per heavy atom. The summed E-state index contributed by atoms with van der Waals surface area (Å²) in [6.45, 7) is 4.17. The first-order valence-electron chi connectivity index (χ1n) is 6.37. The molecule has 3 N–H and O–H groups in total. The number of benzene rings is 1. The fraction of sp³-hybridized carbons (Fsp3) is 0.400. The van der Waals surface area contributed by atoms with E-state index in [0.717, 1.165) is 12.8 Å². The predicted molar refractivity (Wildman–Crippen MR) is 74.2 cm³/mol. The largest absolute Gasteiger partial charge is 0.350 e. The van der Waals surface area contributed by atoms with Gasteiger partial charge in [-0.05, 0) is 31.5 Å². The van der Waals surface area contributed by atoms with Crippen LogP contribution in [0.1, 0.15) is 42.6 Å². The monoisotopic (exact) mass is 262 g/mol. The highest BCUT2D eigenvalue weighted by Crippen LogP contribution is 2.11. The zero-order chi connectivity index (χ0) is 14.3. The van der Waals surface area contributed by atoms with E-state index in [4.69, 9.17) is 5.73 Å². The van der Waals surface area contributed by atoms with E-state index in [9.17, 15) is 9.18 Å². The lowest BCUT2D eigenvalue weighted by Crippen LogP contribution is -2.32. The molecule has 0 aromatic heterocycles. The summed E-state index contributed by atoms with van der Waals surface area (Å²) < 4.78 is 13.2. The third-order valence-electron chi connectivity index (χ3n) is 2.65. The van der Waals surface area contributed by atoms with Crippen molar-refractivity contribution in [2.75, 3.05) is 6.54 Å². The Morgan fingerprint density at radius 1 is 1.53 bits per heavy atom. The van der Waals surface area contributed by atoms with Gasteiger partial charge in [0.15, 0.2) is 0 Å². The predicted octanol–water partition coefficient (Wildman–Crippen LogP) is 2.05. The van der Waals surface area contributed by atoms with E-state index >= 15 is 0 Å². The van der Waals surface area contributed by atoms with Gasteiger partial charge in [-0.3, -0.25) is 4.79 Å². The van der Waals surface area contributed by atoms with Crippen molar-refractivity contribution in [2.24, 2.45) is 5.73 Å². The summed E-state index contributed by atoms with van der Waals surface area (Å²) in [5.74, 6) is 4.71. The van der Waals surface area contributed by atoms with Crippen LogP contribution >= 0.6 is 0 Å². The summed E-state index contributed by atoms with van der Waals surface area (Å²) in [6.07, 6.45) is 1.89. The van der Waals surface area contributed by atoms with Crippen LogP contribution in [0.15, 0.2) is 18.2 Å². The molecule has 1 rings (SSSR count). The fourth-order valence-electron chi connectivity index (χ4n) is 1.77. The van der Waals surface area contributed by atoms with Gasteiger partial charge in [-0.25, -0.2) is 4.39 Å². The molecule has 0 saturated carbocycles. The Bertz CT molecular complexity index is 503. The van der Waals surface area contributed by atoms with Gasteiger partial charge in [0.25, 0.3) is 5.91 Å². The van der Waals surface area contributed by atoms with Crippen molar-refractivity contribution >= 4 is 5.91 Å². The molecule has 0 spiro atoms. The van der Waals surface area contributed by atoms with Crippen molar-refractivity contribution in [1.82, 2.24) is 5.32 Å². The molecule has 0 aliphatic rings. The Labute approximate surface area is 113 Å². The van der Waals surface area contributed by atoms with Crippen LogP contribution in [0.4, 0.5) is 4.39 Å². The molecule has 19 heavy (non-hydrogen) atoms. The van der Waals surface area contributed by atoms with Gasteiger partial charge in [0, 0.05) is 11.6 Å². The molecule has 102 valence electrons. The molecule has 3 nitrogen and oxygen atoms in total. The third kappa shape index (κ3) is 4.72. The lowest BCUT2D eigenvalue weighted by Gasteiger charge is -2.13. The number of hydrogen-bond donors (Lipinski definition) is 2. The smallest absolute Gasteiger partial charge is 0.252 e. The number of halogens is 1. The van der Waals surface area contributed by atoms with Crippen LogP contribution < -0.4 is 11.1 Å². The van der Waals surface area contributed by atoms with Gasteiger partial charge < -0.3 is 11.1 Å². The molecule has 0 saturated heterocycles. The van der Waals surface area contributed by atoms with Crippen LogP contribution in [-0.4, -0.2) is 18.5 Å². The summed E-state index contributed by atoms with van der Waals surface area (Å²) in [5, 5.41) is 2.87. The molecular formula is C15H19FN2O. The second kappa shape index (κ2) is 7.55. The van der Waals surface area contributed by atoms with Crippen molar-refractivity contribution in [3.8, 4) is 11.8 Å². The van der Waals surface area contributed by atoms with Gasteiger partial charge in [-0.15, -0.1) is 0 Å². The molecule has 1 aromatic rings. The number of carbonyl (C=O) groups excluding carboxylic acids is 1. The Kier molecular flexibility index (Phi) is 6.04. The van der Waals surface area contributed by atoms with E-state index in [1.807, 2.05) is 6.92 Å². The number of rotatable bonds is 4. The third-order valence-corrected chi connectivity index (χ3v) is 2.65. The lowest BCUT2D eigenvalue weighted by atomic mass is 10.1. The van der Waals surface area contributed by atoms with Crippen molar-refractivity contribution in [1.29, 1.82) is 0 Å². The summed E-state index contributed by atoms with van der Waals surface area (Å²) in [5.41, 5.74) is 6.04. The number of carbonyl (C=O) groups is 1. The molecule has 0 bridgehead atoms. The van der Waals surface area contributed by atoms with Gasteiger partial charge in [0.2, 0.25) is 0 Å². The molecule has 1 amide bonds. The number of amides is 1. The SMILES string of the molecule is CCCC(C)NC(=O)c1ccc(F)cc1C#CCN. The first kappa shape index (κ1) is 15.2. The quantitative estimate of drug-likeness (QED) is 0.816. The minimum atomic E-state index is -0.417. The summed E-state index contributed by atoms with van der Waals surface area (Å²) >= 11 is 0. The molecule has 4 heteroatoms. The topological polar surface area (TPSA) is 55.1 Å². The van der Waals surface area contributed by atoms with Crippen LogP contribution in [-0.2, 0) is 0 Å². The fourth-order valence-corrected chi connectivity index (χ4v) is 1.77. The van der Waals surface area contributed by atoms with Crippen molar-refractivity contribution in [2.45, 2.75) is 32.7 Å². The normalized spacial score (nSPS) is 11.4. The Hall–Kier alpha value is -1.86. The highest BCUT2D eigenvalue weighted by Gasteiger charge is 2.13. The summed E-state index contributed by atoms with van der Waals surface area (Å²) in [4.78, 5) is 12.1. The Morgan fingerprint density at radius 2 is 2.26 bits per heavy atom. The van der Waals surface area contributed by atoms with Gasteiger partial charge in [0.05, 0.1) is 12.1 Å². The molecule has 0 aliphatic carbocycles. The van der Waals surface area contributed by atoms with Crippen LogP contribution in [0.25, 0.3) is 0 Å². The Balaban J connectivity index is 2.95. The number of nitrogens with two attached hydrogens (primary N) is 1. The highest BCUT2D eigenvalue weighted by atomic mass is 19.1. The van der Waals surface area contributed by atoms with E-state index in [1.165, 1.54) is 18.2 Å². The van der Waals surface area contributed by atoms with Gasteiger partial charge in [-0.1, -0.05) is 25.2 Å². The van der Waals surface area contributed by atoms with Crippen LogP contribution in [0.3, 0.4) is 0 Å². The van der Waals surface area contributed by atoms with E-state index in [2.05, 4.69) is 24.1 Å². The summed E-state index contributed by atoms with van der Waals surface area (Å²) in [7, 11) is 0. The maximum Gasteiger partial charge on any atom is 0.252 e. The average Bonchev–Trinajstić information content (AvgIpc) is 2.36. The maximum absolute atomic E-state index is 13.2. The van der Waals surface area contributed by atoms with Gasteiger partial charge in [-0.2, -0.15) is 0 Å². The number of hydrogen-bond acceptors (Lipinski definition) is 2. The van der Waals surface area contributed by atoms with E-state index in [0.29, 0.717) is 11.1 Å². The van der Waals surface area contributed by atoms with Gasteiger partial charge in [0.1, 0.15) is 5.82 Å². The molecule has 0 radical (unpaired) electrons. The van der Waals surface area contributed by atoms with Crippen LogP contribution in [0.5, 0.6) is 0 Å². The lowest BCUT2D eigenvalue weighted by molar-refractivity contribution is 0.0938. The van der Waals surface area contributed by atoms with Crippen molar-refractivity contribution in [3.63, 3.8) is 0 Å². The first-order valence-corrected chi connectivity index (χ1v) is 6.37. The molecule has 1 aromatic carbocycles. The second-order valence-corrected chi connectivity index (χ2v) is 4.36. The van der Waals surface area contributed by atoms with Gasteiger partial charge >= 0.3 is 0 Å². The second-order valence-electron chi connectivity index (χ2n) is 4.36. The first-order chi connectivity index (χ1) is 9.08. The average molecular weight is 262 g/mol. The van der Waals surface area contributed by atoms with Crippen molar-refractivity contribution < 1.29 is 9.18 Å².